The minimum Gasteiger partial charge on any atom is -0.391 e. The molecule has 1 N–H and O–H groups in total. The van der Waals surface area contributed by atoms with Crippen molar-refractivity contribution < 1.29 is 0 Å². The van der Waals surface area contributed by atoms with Crippen LogP contribution in [0.4, 0.5) is 0 Å². The number of hydrogen-bond donors (Lipinski definition) is 1. The van der Waals surface area contributed by atoms with Crippen molar-refractivity contribution in [1.29, 1.82) is 0 Å². The normalized spacial score (nSPS) is 13.7. The Balaban J connectivity index is 5.22. The zero-order chi connectivity index (χ0) is 10.6. The van der Waals surface area contributed by atoms with Gasteiger partial charge >= 0.3 is 0 Å². The first kappa shape index (κ1) is 12.3. The quantitative estimate of drug-likeness (QED) is 0.657. The van der Waals surface area contributed by atoms with Crippen molar-refractivity contribution >= 4 is 0 Å². The minimum atomic E-state index is 0.181. The summed E-state index contributed by atoms with van der Waals surface area (Å²) in [6, 6.07) is 0. The molecule has 0 rings (SSSR count). The maximum Gasteiger partial charge on any atom is 0.0142 e. The largest absolute Gasteiger partial charge is 0.391 e. The van der Waals surface area contributed by atoms with Crippen molar-refractivity contribution in [1.82, 2.24) is 5.32 Å². The molecule has 0 atom stereocenters. The fraction of sp³-hybridized carbons (Fsp3) is 0.667. The zero-order valence-electron chi connectivity index (χ0n) is 9.91. The van der Waals surface area contributed by atoms with E-state index in [1.165, 1.54) is 16.8 Å². The van der Waals surface area contributed by atoms with Crippen LogP contribution < -0.4 is 5.32 Å². The van der Waals surface area contributed by atoms with Crippen molar-refractivity contribution in [3.8, 4) is 0 Å². The molecule has 0 aliphatic rings. The molecule has 0 radical (unpaired) electrons. The third-order valence-electron chi connectivity index (χ3n) is 2.13. The Morgan fingerprint density at radius 2 is 1.77 bits per heavy atom. The Bertz CT molecular complexity index is 210. The van der Waals surface area contributed by atoms with Gasteiger partial charge in [0, 0.05) is 12.7 Å². The molecular formula is C12H23N. The van der Waals surface area contributed by atoms with Crippen LogP contribution in [0.1, 0.15) is 41.0 Å². The van der Waals surface area contributed by atoms with E-state index in [4.69, 9.17) is 0 Å². The predicted molar refractivity (Wildman–Crippen MR) is 60.6 cm³/mol. The average molecular weight is 181 g/mol. The van der Waals surface area contributed by atoms with Gasteiger partial charge in [0.2, 0.25) is 0 Å². The molecule has 0 fully saturated rings. The lowest BCUT2D eigenvalue weighted by molar-refractivity contribution is 0.498. The lowest BCUT2D eigenvalue weighted by Gasteiger charge is -2.27. The lowest BCUT2D eigenvalue weighted by atomic mass is 9.81. The minimum absolute atomic E-state index is 0.181. The molecule has 13 heavy (non-hydrogen) atoms. The Hall–Kier alpha value is -0.720. The van der Waals surface area contributed by atoms with E-state index in [2.05, 4.69) is 46.5 Å². The van der Waals surface area contributed by atoms with Crippen molar-refractivity contribution in [3.63, 3.8) is 0 Å². The van der Waals surface area contributed by atoms with E-state index in [0.717, 1.165) is 6.42 Å². The molecule has 0 saturated carbocycles. The topological polar surface area (TPSA) is 12.0 Å². The van der Waals surface area contributed by atoms with Crippen LogP contribution in [0.15, 0.2) is 23.4 Å². The fourth-order valence-electron chi connectivity index (χ4n) is 1.83. The monoisotopic (exact) mass is 181 g/mol. The Morgan fingerprint density at radius 3 is 1.85 bits per heavy atom. The second-order valence-electron chi connectivity index (χ2n) is 4.49. The third kappa shape index (κ3) is 3.25. The van der Waals surface area contributed by atoms with Gasteiger partial charge in [0.25, 0.3) is 0 Å². The molecule has 0 saturated heterocycles. The van der Waals surface area contributed by atoms with Gasteiger partial charge in [-0.15, -0.1) is 0 Å². The zero-order valence-corrected chi connectivity index (χ0v) is 9.91. The maximum atomic E-state index is 4.04. The molecule has 1 heteroatoms. The Morgan fingerprint density at radius 1 is 1.31 bits per heavy atom. The Labute approximate surface area is 82.9 Å². The molecule has 0 heterocycles. The summed E-state index contributed by atoms with van der Waals surface area (Å²) in [5.41, 5.74) is 4.01. The van der Waals surface area contributed by atoms with E-state index in [-0.39, 0.29) is 5.41 Å². The van der Waals surface area contributed by atoms with E-state index in [0.29, 0.717) is 0 Å². The van der Waals surface area contributed by atoms with Gasteiger partial charge in [-0.05, 0) is 24.3 Å². The van der Waals surface area contributed by atoms with E-state index < -0.39 is 0 Å². The summed E-state index contributed by atoms with van der Waals surface area (Å²) >= 11 is 0. The van der Waals surface area contributed by atoms with Gasteiger partial charge < -0.3 is 5.32 Å². The van der Waals surface area contributed by atoms with Gasteiger partial charge in [-0.1, -0.05) is 39.8 Å². The van der Waals surface area contributed by atoms with Gasteiger partial charge in [-0.2, -0.15) is 0 Å². The summed E-state index contributed by atoms with van der Waals surface area (Å²) in [6.07, 6.45) is 1.04. The number of rotatable bonds is 3. The first-order chi connectivity index (χ1) is 5.84. The second kappa shape index (κ2) is 4.50. The van der Waals surface area contributed by atoms with Gasteiger partial charge in [-0.25, -0.2) is 0 Å². The molecule has 76 valence electrons. The van der Waals surface area contributed by atoms with E-state index >= 15 is 0 Å². The average Bonchev–Trinajstić information content (AvgIpc) is 1.96. The molecule has 0 amide bonds. The van der Waals surface area contributed by atoms with Gasteiger partial charge in [0.15, 0.2) is 0 Å². The highest BCUT2D eigenvalue weighted by Gasteiger charge is 2.20. The van der Waals surface area contributed by atoms with Gasteiger partial charge in [0.1, 0.15) is 0 Å². The first-order valence-corrected chi connectivity index (χ1v) is 4.91. The van der Waals surface area contributed by atoms with Crippen molar-refractivity contribution in [2.45, 2.75) is 41.0 Å². The maximum absolute atomic E-state index is 4.04. The van der Waals surface area contributed by atoms with Crippen LogP contribution in [0.2, 0.25) is 0 Å². The summed E-state index contributed by atoms with van der Waals surface area (Å²) < 4.78 is 0. The van der Waals surface area contributed by atoms with Crippen LogP contribution in [0.3, 0.4) is 0 Å². The first-order valence-electron chi connectivity index (χ1n) is 4.91. The van der Waals surface area contributed by atoms with Crippen LogP contribution in [0.25, 0.3) is 0 Å². The van der Waals surface area contributed by atoms with E-state index in [1.54, 1.807) is 0 Å². The molecule has 0 aromatic heterocycles. The molecule has 1 nitrogen and oxygen atoms in total. The van der Waals surface area contributed by atoms with Crippen molar-refractivity contribution in [2.24, 2.45) is 5.41 Å². The highest BCUT2D eigenvalue weighted by molar-refractivity contribution is 5.35. The molecule has 0 spiro atoms. The summed E-state index contributed by atoms with van der Waals surface area (Å²) in [6.45, 7) is 15.0. The Kier molecular flexibility index (Phi) is 4.25. The highest BCUT2D eigenvalue weighted by Crippen LogP contribution is 2.32. The molecule has 0 unspecified atom stereocenters. The number of hydrogen-bond acceptors (Lipinski definition) is 1. The highest BCUT2D eigenvalue weighted by atomic mass is 14.8. The van der Waals surface area contributed by atoms with Crippen LogP contribution in [0.5, 0.6) is 0 Å². The standard InChI is InChI=1S/C12H23N/c1-8-10(13-7)11(9(2)3)12(4,5)6/h13H,2,8H2,1,3-7H3/b11-10+. The second-order valence-corrected chi connectivity index (χ2v) is 4.49. The molecule has 0 bridgehead atoms. The summed E-state index contributed by atoms with van der Waals surface area (Å²) in [7, 11) is 1.98. The molecule has 0 aliphatic carbocycles. The van der Waals surface area contributed by atoms with E-state index in [9.17, 15) is 0 Å². The van der Waals surface area contributed by atoms with Crippen LogP contribution in [-0.4, -0.2) is 7.05 Å². The lowest BCUT2D eigenvalue weighted by Crippen LogP contribution is -2.18. The molecular weight excluding hydrogens is 158 g/mol. The van der Waals surface area contributed by atoms with E-state index in [1.807, 2.05) is 7.05 Å². The SMILES string of the molecule is C=C(C)/C(=C(/CC)NC)C(C)(C)C. The fourth-order valence-corrected chi connectivity index (χ4v) is 1.83. The van der Waals surface area contributed by atoms with Gasteiger partial charge in [0.05, 0.1) is 0 Å². The smallest absolute Gasteiger partial charge is 0.0142 e. The number of allylic oxidation sites excluding steroid dienone is 3. The van der Waals surface area contributed by atoms with Gasteiger partial charge in [-0.3, -0.25) is 0 Å². The molecule has 0 aliphatic heterocycles. The van der Waals surface area contributed by atoms with Crippen molar-refractivity contribution in [2.75, 3.05) is 7.05 Å². The summed E-state index contributed by atoms with van der Waals surface area (Å²) in [4.78, 5) is 0. The number of nitrogens with one attached hydrogen (secondary N) is 1. The molecule has 0 aromatic carbocycles. The van der Waals surface area contributed by atoms with Crippen LogP contribution >= 0.6 is 0 Å². The van der Waals surface area contributed by atoms with Crippen LogP contribution in [0, 0.1) is 5.41 Å². The molecule has 0 aromatic rings. The third-order valence-corrected chi connectivity index (χ3v) is 2.13. The summed E-state index contributed by atoms with van der Waals surface area (Å²) in [5, 5.41) is 3.26. The predicted octanol–water partition coefficient (Wildman–Crippen LogP) is 3.49. The van der Waals surface area contributed by atoms with Crippen LogP contribution in [-0.2, 0) is 0 Å². The van der Waals surface area contributed by atoms with Crippen molar-refractivity contribution in [3.05, 3.63) is 23.4 Å². The summed E-state index contributed by atoms with van der Waals surface area (Å²) in [5.74, 6) is 0.